The lowest BCUT2D eigenvalue weighted by molar-refractivity contribution is -0.161. The topological polar surface area (TPSA) is 101 Å². The average molecular weight is 524 g/mol. The first-order valence-electron chi connectivity index (χ1n) is 11.8. The summed E-state index contributed by atoms with van der Waals surface area (Å²) in [5.74, 6) is -0.775. The Morgan fingerprint density at radius 3 is 2.58 bits per heavy atom. The van der Waals surface area contributed by atoms with Crippen molar-refractivity contribution in [3.63, 3.8) is 0 Å². The number of hydrogen-bond acceptors (Lipinski definition) is 9. The van der Waals surface area contributed by atoms with Gasteiger partial charge in [-0.25, -0.2) is 9.97 Å². The number of para-hydroxylation sites is 1. The van der Waals surface area contributed by atoms with E-state index in [-0.39, 0.29) is 30.1 Å². The van der Waals surface area contributed by atoms with Crippen molar-refractivity contribution in [2.24, 2.45) is 5.92 Å². The van der Waals surface area contributed by atoms with Gasteiger partial charge >= 0.3 is 6.18 Å². The molecule has 3 aromatic rings. The fourth-order valence-electron chi connectivity index (χ4n) is 4.98. The van der Waals surface area contributed by atoms with Crippen molar-refractivity contribution in [1.29, 1.82) is 0 Å². The average Bonchev–Trinajstić information content (AvgIpc) is 3.42. The number of hydrogen-bond donors (Lipinski definition) is 3. The Bertz CT molecular complexity index is 1230. The Hall–Kier alpha value is -2.54. The summed E-state index contributed by atoms with van der Waals surface area (Å²) in [5.41, 5.74) is 1.91. The number of fused-ring (bicyclic) bond motifs is 2. The SMILES string of the molecule is Cc1nc(NCC(F)(F)F)nc(N[C@@H]2C[C@@H](C(C)O)[C@H]3OC(C)(C)O[C@H]32)c1-c1nc2ccccc2s1. The molecule has 36 heavy (non-hydrogen) atoms. The zero-order valence-electron chi connectivity index (χ0n) is 20.3. The van der Waals surface area contributed by atoms with Crippen LogP contribution in [-0.4, -0.2) is 62.9 Å². The number of aromatic nitrogens is 3. The minimum absolute atomic E-state index is 0.136. The van der Waals surface area contributed by atoms with Crippen LogP contribution in [0.15, 0.2) is 24.3 Å². The molecule has 12 heteroatoms. The number of aryl methyl sites for hydroxylation is 1. The van der Waals surface area contributed by atoms with Gasteiger partial charge in [0.1, 0.15) is 23.5 Å². The summed E-state index contributed by atoms with van der Waals surface area (Å²) in [7, 11) is 0. The molecule has 1 saturated heterocycles. The summed E-state index contributed by atoms with van der Waals surface area (Å²) in [4.78, 5) is 13.5. The smallest absolute Gasteiger partial charge is 0.393 e. The highest BCUT2D eigenvalue weighted by Crippen LogP contribution is 2.45. The third-order valence-corrected chi connectivity index (χ3v) is 7.55. The predicted molar refractivity (Wildman–Crippen MR) is 131 cm³/mol. The van der Waals surface area contributed by atoms with Gasteiger partial charge < -0.3 is 25.2 Å². The Morgan fingerprint density at radius 1 is 1.17 bits per heavy atom. The molecular weight excluding hydrogens is 495 g/mol. The molecule has 0 radical (unpaired) electrons. The molecular formula is C24H28F3N5O3S. The van der Waals surface area contributed by atoms with Crippen LogP contribution in [0.5, 0.6) is 0 Å². The lowest BCUT2D eigenvalue weighted by atomic mass is 9.99. The second-order valence-electron chi connectivity index (χ2n) is 9.77. The van der Waals surface area contributed by atoms with E-state index < -0.39 is 24.6 Å². The first-order chi connectivity index (χ1) is 16.9. The fraction of sp³-hybridized carbons (Fsp3) is 0.542. The maximum absolute atomic E-state index is 12.9. The number of benzene rings is 1. The normalized spacial score (nSPS) is 26.2. The fourth-order valence-corrected chi connectivity index (χ4v) is 6.04. The Morgan fingerprint density at radius 2 is 1.89 bits per heavy atom. The molecule has 3 heterocycles. The van der Waals surface area contributed by atoms with Crippen LogP contribution in [-0.2, 0) is 9.47 Å². The highest BCUT2D eigenvalue weighted by molar-refractivity contribution is 7.21. The molecule has 0 bridgehead atoms. The van der Waals surface area contributed by atoms with Gasteiger partial charge in [-0.3, -0.25) is 0 Å². The molecule has 1 saturated carbocycles. The third-order valence-electron chi connectivity index (χ3n) is 6.49. The molecule has 1 aliphatic heterocycles. The quantitative estimate of drug-likeness (QED) is 0.426. The van der Waals surface area contributed by atoms with E-state index in [0.29, 0.717) is 28.5 Å². The van der Waals surface area contributed by atoms with E-state index in [1.165, 1.54) is 11.3 Å². The van der Waals surface area contributed by atoms with Crippen molar-refractivity contribution in [1.82, 2.24) is 15.0 Å². The first-order valence-corrected chi connectivity index (χ1v) is 12.6. The molecule has 5 rings (SSSR count). The first kappa shape index (κ1) is 25.1. The summed E-state index contributed by atoms with van der Waals surface area (Å²) in [6.07, 6.45) is -5.20. The van der Waals surface area contributed by atoms with Crippen LogP contribution in [0.25, 0.3) is 20.8 Å². The molecule has 5 atom stereocenters. The van der Waals surface area contributed by atoms with Crippen LogP contribution in [0.4, 0.5) is 24.9 Å². The van der Waals surface area contributed by atoms with E-state index in [9.17, 15) is 18.3 Å². The molecule has 1 aromatic carbocycles. The summed E-state index contributed by atoms with van der Waals surface area (Å²) < 4.78 is 51.9. The van der Waals surface area contributed by atoms with Crippen LogP contribution in [0.1, 0.15) is 32.9 Å². The molecule has 194 valence electrons. The Kier molecular flexibility index (Phi) is 6.34. The van der Waals surface area contributed by atoms with Gasteiger partial charge in [0.2, 0.25) is 5.95 Å². The van der Waals surface area contributed by atoms with Gasteiger partial charge in [0.25, 0.3) is 0 Å². The summed E-state index contributed by atoms with van der Waals surface area (Å²) in [5, 5.41) is 16.7. The second-order valence-corrected chi connectivity index (χ2v) is 10.8. The Balaban J connectivity index is 1.54. The van der Waals surface area contributed by atoms with Crippen molar-refractivity contribution in [2.75, 3.05) is 17.2 Å². The van der Waals surface area contributed by atoms with E-state index in [1.807, 2.05) is 38.1 Å². The van der Waals surface area contributed by atoms with E-state index in [2.05, 4.69) is 20.6 Å². The lowest BCUT2D eigenvalue weighted by Crippen LogP contribution is -2.35. The molecule has 2 aliphatic rings. The van der Waals surface area contributed by atoms with Crippen molar-refractivity contribution in [2.45, 2.75) is 70.4 Å². The molecule has 0 spiro atoms. The minimum Gasteiger partial charge on any atom is -0.393 e. The molecule has 0 amide bonds. The minimum atomic E-state index is -4.42. The van der Waals surface area contributed by atoms with Gasteiger partial charge in [0.15, 0.2) is 5.79 Å². The number of rotatable bonds is 6. The van der Waals surface area contributed by atoms with Crippen molar-refractivity contribution in [3.8, 4) is 10.6 Å². The zero-order chi connectivity index (χ0) is 25.8. The van der Waals surface area contributed by atoms with Crippen molar-refractivity contribution >= 4 is 33.3 Å². The second kappa shape index (κ2) is 9.09. The van der Waals surface area contributed by atoms with E-state index in [4.69, 9.17) is 14.5 Å². The van der Waals surface area contributed by atoms with Crippen molar-refractivity contribution < 1.29 is 27.8 Å². The highest BCUT2D eigenvalue weighted by Gasteiger charge is 2.55. The number of thiazole rings is 1. The number of halogens is 3. The number of nitrogens with one attached hydrogen (secondary N) is 2. The van der Waals surface area contributed by atoms with E-state index >= 15 is 0 Å². The number of ether oxygens (including phenoxy) is 2. The monoisotopic (exact) mass is 523 g/mol. The van der Waals surface area contributed by atoms with E-state index in [0.717, 1.165) is 10.2 Å². The van der Waals surface area contributed by atoms with Crippen molar-refractivity contribution in [3.05, 3.63) is 30.0 Å². The number of aliphatic hydroxyl groups excluding tert-OH is 1. The molecule has 1 aliphatic carbocycles. The van der Waals surface area contributed by atoms with Gasteiger partial charge in [-0.15, -0.1) is 11.3 Å². The maximum Gasteiger partial charge on any atom is 0.405 e. The predicted octanol–water partition coefficient (Wildman–Crippen LogP) is 4.74. The summed E-state index contributed by atoms with van der Waals surface area (Å²) in [6.45, 7) is 5.83. The van der Waals surface area contributed by atoms with Crippen LogP contribution < -0.4 is 10.6 Å². The highest BCUT2D eigenvalue weighted by atomic mass is 32.1. The molecule has 3 N–H and O–H groups in total. The van der Waals surface area contributed by atoms with Crippen LogP contribution in [0.2, 0.25) is 0 Å². The number of anilines is 2. The van der Waals surface area contributed by atoms with Gasteiger partial charge in [-0.1, -0.05) is 12.1 Å². The summed E-state index contributed by atoms with van der Waals surface area (Å²) >= 11 is 1.46. The number of alkyl halides is 3. The molecule has 2 fully saturated rings. The van der Waals surface area contributed by atoms with Crippen LogP contribution >= 0.6 is 11.3 Å². The van der Waals surface area contributed by atoms with Gasteiger partial charge in [-0.05, 0) is 46.2 Å². The standard InChI is InChI=1S/C24H28F3N5O3S/c1-11-17(21-31-14-7-5-6-8-16(14)36-21)20(32-22(29-11)28-10-24(25,26)27)30-15-9-13(12(2)33)18-19(15)35-23(3,4)34-18/h5-8,12-13,15,18-19,33H,9-10H2,1-4H3,(H2,28,29,30,32)/t12?,13-,15+,18+,19-/m0/s1. The zero-order valence-corrected chi connectivity index (χ0v) is 21.1. The summed E-state index contributed by atoms with van der Waals surface area (Å²) in [6, 6.07) is 7.38. The third kappa shape index (κ3) is 4.99. The van der Waals surface area contributed by atoms with Crippen LogP contribution in [0, 0.1) is 12.8 Å². The van der Waals surface area contributed by atoms with E-state index in [1.54, 1.807) is 13.8 Å². The lowest BCUT2D eigenvalue weighted by Gasteiger charge is -2.26. The molecule has 1 unspecified atom stereocenters. The molecule has 2 aromatic heterocycles. The van der Waals surface area contributed by atoms with Crippen LogP contribution in [0.3, 0.4) is 0 Å². The maximum atomic E-state index is 12.9. The largest absolute Gasteiger partial charge is 0.405 e. The number of aliphatic hydroxyl groups is 1. The van der Waals surface area contributed by atoms with Gasteiger partial charge in [-0.2, -0.15) is 18.2 Å². The molecule has 8 nitrogen and oxygen atoms in total. The number of nitrogens with zero attached hydrogens (tertiary/aromatic N) is 3. The Labute approximate surface area is 210 Å². The van der Waals surface area contributed by atoms with Gasteiger partial charge in [0, 0.05) is 5.92 Å². The van der Waals surface area contributed by atoms with Gasteiger partial charge in [0.05, 0.1) is 39.7 Å².